The monoisotopic (exact) mass is 429 g/mol. The molecule has 0 bridgehead atoms. The number of piperidine rings is 1. The molecule has 0 N–H and O–H groups in total. The fourth-order valence-electron chi connectivity index (χ4n) is 4.73. The van der Waals surface area contributed by atoms with Crippen molar-refractivity contribution in [1.29, 1.82) is 0 Å². The van der Waals surface area contributed by atoms with Crippen molar-refractivity contribution in [3.05, 3.63) is 46.5 Å². The van der Waals surface area contributed by atoms with Crippen LogP contribution in [0.5, 0.6) is 0 Å². The normalized spacial score (nSPS) is 21.2. The number of benzene rings is 1. The maximum absolute atomic E-state index is 13.5. The van der Waals surface area contributed by atoms with Crippen molar-refractivity contribution >= 4 is 12.1 Å². The second-order valence-electron chi connectivity index (χ2n) is 10.5. The average Bonchev–Trinajstić information content (AvgIpc) is 2.59. The molecule has 1 amide bonds. The van der Waals surface area contributed by atoms with Crippen LogP contribution < -0.4 is 0 Å². The van der Waals surface area contributed by atoms with Crippen LogP contribution in [0.15, 0.2) is 29.8 Å². The third-order valence-electron chi connectivity index (χ3n) is 5.96. The summed E-state index contributed by atoms with van der Waals surface area (Å²) >= 11 is 0. The topological polar surface area (TPSA) is 55.8 Å². The Balaban J connectivity index is 2.74. The zero-order chi connectivity index (χ0) is 23.6. The minimum absolute atomic E-state index is 0.319. The molecule has 5 nitrogen and oxygen atoms in total. The van der Waals surface area contributed by atoms with Crippen LogP contribution in [0.3, 0.4) is 0 Å². The third kappa shape index (κ3) is 5.31. The van der Waals surface area contributed by atoms with Gasteiger partial charge in [0, 0.05) is 12.6 Å². The molecular weight excluding hydrogens is 390 g/mol. The van der Waals surface area contributed by atoms with Gasteiger partial charge in [0.25, 0.3) is 0 Å². The van der Waals surface area contributed by atoms with Gasteiger partial charge in [0.15, 0.2) is 0 Å². The Morgan fingerprint density at radius 2 is 1.68 bits per heavy atom. The van der Waals surface area contributed by atoms with Gasteiger partial charge in [-0.25, -0.2) is 9.59 Å². The SMILES string of the molecule is CCOC(=O)C=C1CCN(C(=O)OC(C)(C)C)[C@](c2c(C)cccc2C)(C(C)(C)C)C1. The first-order chi connectivity index (χ1) is 14.2. The Kier molecular flexibility index (Phi) is 7.29. The molecule has 0 spiro atoms. The van der Waals surface area contributed by atoms with Crippen molar-refractivity contribution < 1.29 is 19.1 Å². The number of carbonyl (C=O) groups is 2. The van der Waals surface area contributed by atoms with Gasteiger partial charge in [0.1, 0.15) is 5.60 Å². The summed E-state index contributed by atoms with van der Waals surface area (Å²) < 4.78 is 11.0. The number of hydrogen-bond acceptors (Lipinski definition) is 4. The van der Waals surface area contributed by atoms with E-state index in [9.17, 15) is 9.59 Å². The molecule has 5 heteroatoms. The van der Waals surface area contributed by atoms with E-state index in [2.05, 4.69) is 46.8 Å². The molecule has 0 aromatic heterocycles. The predicted molar refractivity (Wildman–Crippen MR) is 124 cm³/mol. The first kappa shape index (κ1) is 25.0. The van der Waals surface area contributed by atoms with Crippen LogP contribution in [-0.2, 0) is 19.8 Å². The quantitative estimate of drug-likeness (QED) is 0.432. The van der Waals surface area contributed by atoms with Gasteiger partial charge in [0.2, 0.25) is 0 Å². The molecule has 1 heterocycles. The number of carbonyl (C=O) groups excluding carboxylic acids is 2. The number of hydrogen-bond donors (Lipinski definition) is 0. The largest absolute Gasteiger partial charge is 0.463 e. The highest BCUT2D eigenvalue weighted by atomic mass is 16.6. The van der Waals surface area contributed by atoms with Crippen LogP contribution in [-0.4, -0.2) is 35.7 Å². The van der Waals surface area contributed by atoms with Gasteiger partial charge in [-0.2, -0.15) is 0 Å². The summed E-state index contributed by atoms with van der Waals surface area (Å²) in [7, 11) is 0. The summed E-state index contributed by atoms with van der Waals surface area (Å²) in [5, 5.41) is 0. The van der Waals surface area contributed by atoms with Crippen molar-refractivity contribution in [1.82, 2.24) is 4.90 Å². The second kappa shape index (κ2) is 9.05. The van der Waals surface area contributed by atoms with Gasteiger partial charge in [-0.3, -0.25) is 4.90 Å². The van der Waals surface area contributed by atoms with Gasteiger partial charge in [0.05, 0.1) is 12.1 Å². The molecule has 172 valence electrons. The van der Waals surface area contributed by atoms with Gasteiger partial charge in [-0.1, -0.05) is 44.5 Å². The van der Waals surface area contributed by atoms with Crippen LogP contribution >= 0.6 is 0 Å². The number of aryl methyl sites for hydroxylation is 2. The van der Waals surface area contributed by atoms with Gasteiger partial charge >= 0.3 is 12.1 Å². The summed E-state index contributed by atoms with van der Waals surface area (Å²) in [4.78, 5) is 27.6. The minimum Gasteiger partial charge on any atom is -0.463 e. The van der Waals surface area contributed by atoms with E-state index in [1.807, 2.05) is 31.7 Å². The van der Waals surface area contributed by atoms with Crippen LogP contribution in [0.2, 0.25) is 0 Å². The van der Waals surface area contributed by atoms with E-state index in [0.717, 1.165) is 22.3 Å². The lowest BCUT2D eigenvalue weighted by atomic mass is 9.61. The summed E-state index contributed by atoms with van der Waals surface area (Å²) in [5.41, 5.74) is 2.79. The van der Waals surface area contributed by atoms with E-state index in [1.165, 1.54) is 0 Å². The molecule has 0 saturated carbocycles. The first-order valence-electron chi connectivity index (χ1n) is 11.2. The fourth-order valence-corrected chi connectivity index (χ4v) is 4.73. The van der Waals surface area contributed by atoms with E-state index in [4.69, 9.17) is 9.47 Å². The summed E-state index contributed by atoms with van der Waals surface area (Å²) in [6.07, 6.45) is 2.46. The van der Waals surface area contributed by atoms with Gasteiger partial charge < -0.3 is 9.47 Å². The number of nitrogens with zero attached hydrogens (tertiary/aromatic N) is 1. The van der Waals surface area contributed by atoms with E-state index >= 15 is 0 Å². The summed E-state index contributed by atoms with van der Waals surface area (Å²) in [5.74, 6) is -0.326. The molecule has 1 atom stereocenters. The molecule has 1 saturated heterocycles. The fraction of sp³-hybridized carbons (Fsp3) is 0.615. The maximum atomic E-state index is 13.5. The molecule has 0 unspecified atom stereocenters. The lowest BCUT2D eigenvalue weighted by Gasteiger charge is -2.56. The highest BCUT2D eigenvalue weighted by Gasteiger charge is 2.54. The molecule has 0 aliphatic carbocycles. The second-order valence-corrected chi connectivity index (χ2v) is 10.5. The van der Waals surface area contributed by atoms with Gasteiger partial charge in [-0.15, -0.1) is 0 Å². The maximum Gasteiger partial charge on any atom is 0.411 e. The molecule has 1 aliphatic rings. The van der Waals surface area contributed by atoms with Crippen molar-refractivity contribution in [2.75, 3.05) is 13.2 Å². The molecule has 1 aromatic carbocycles. The molecule has 31 heavy (non-hydrogen) atoms. The number of likely N-dealkylation sites (tertiary alicyclic amines) is 1. The van der Waals surface area contributed by atoms with Crippen LogP contribution in [0.4, 0.5) is 4.79 Å². The lowest BCUT2D eigenvalue weighted by molar-refractivity contribution is -0.137. The third-order valence-corrected chi connectivity index (χ3v) is 5.96. The zero-order valence-electron chi connectivity index (χ0n) is 20.7. The molecule has 0 radical (unpaired) electrons. The van der Waals surface area contributed by atoms with Crippen LogP contribution in [0.25, 0.3) is 0 Å². The number of rotatable bonds is 3. The molecule has 1 fully saturated rings. The smallest absolute Gasteiger partial charge is 0.411 e. The Labute approximate surface area is 187 Å². The Morgan fingerprint density at radius 3 is 2.16 bits per heavy atom. The van der Waals surface area contributed by atoms with Crippen molar-refractivity contribution in [3.63, 3.8) is 0 Å². The molecule has 1 aromatic rings. The van der Waals surface area contributed by atoms with Crippen molar-refractivity contribution in [2.45, 2.75) is 86.3 Å². The number of esters is 1. The molecule has 1 aliphatic heterocycles. The summed E-state index contributed by atoms with van der Waals surface area (Å²) in [6.45, 7) is 18.9. The van der Waals surface area contributed by atoms with E-state index in [1.54, 1.807) is 13.0 Å². The summed E-state index contributed by atoms with van der Waals surface area (Å²) in [6, 6.07) is 6.22. The Bertz CT molecular complexity index is 837. The van der Waals surface area contributed by atoms with E-state index < -0.39 is 11.1 Å². The Hall–Kier alpha value is -2.30. The molecule has 2 rings (SSSR count). The Morgan fingerprint density at radius 1 is 1.10 bits per heavy atom. The average molecular weight is 430 g/mol. The van der Waals surface area contributed by atoms with Crippen LogP contribution in [0.1, 0.15) is 78.0 Å². The van der Waals surface area contributed by atoms with Crippen molar-refractivity contribution in [3.8, 4) is 0 Å². The molecular formula is C26H39NO4. The van der Waals surface area contributed by atoms with Gasteiger partial charge in [-0.05, 0) is 76.5 Å². The minimum atomic E-state index is -0.665. The lowest BCUT2D eigenvalue weighted by Crippen LogP contribution is -2.60. The number of amides is 1. The first-order valence-corrected chi connectivity index (χ1v) is 11.2. The standard InChI is InChI=1S/C26H39NO4/c1-10-30-21(28)16-20-14-15-27(23(29)31-25(7,8)9)26(17-20,24(4,5)6)22-18(2)12-11-13-19(22)3/h11-13,16H,10,14-15,17H2,1-9H3/t26-/m1/s1. The predicted octanol–water partition coefficient (Wildman–Crippen LogP) is 6.07. The number of ether oxygens (including phenoxy) is 2. The van der Waals surface area contributed by atoms with E-state index in [-0.39, 0.29) is 17.5 Å². The highest BCUT2D eigenvalue weighted by molar-refractivity contribution is 5.83. The van der Waals surface area contributed by atoms with E-state index in [0.29, 0.717) is 26.0 Å². The van der Waals surface area contributed by atoms with Crippen molar-refractivity contribution in [2.24, 2.45) is 5.41 Å². The van der Waals surface area contributed by atoms with Crippen LogP contribution in [0, 0.1) is 19.3 Å². The highest BCUT2D eigenvalue weighted by Crippen LogP contribution is 2.53. The zero-order valence-corrected chi connectivity index (χ0v) is 20.7.